The summed E-state index contributed by atoms with van der Waals surface area (Å²) in [7, 11) is 0. The Hall–Kier alpha value is -4.89. The van der Waals surface area contributed by atoms with E-state index in [-0.39, 0.29) is 6.79 Å². The van der Waals surface area contributed by atoms with Gasteiger partial charge in [0.2, 0.25) is 6.79 Å². The molecular weight excluding hydrogens is 526 g/mol. The highest BCUT2D eigenvalue weighted by Gasteiger charge is 2.24. The average Bonchev–Trinajstić information content (AvgIpc) is 3.67. The predicted octanol–water partition coefficient (Wildman–Crippen LogP) is 5.55. The fourth-order valence-corrected chi connectivity index (χ4v) is 6.11. The molecule has 9 heteroatoms. The van der Waals surface area contributed by atoms with Crippen molar-refractivity contribution in [1.29, 1.82) is 0 Å². The van der Waals surface area contributed by atoms with Crippen molar-refractivity contribution in [2.75, 3.05) is 55.5 Å². The first kappa shape index (κ1) is 24.9. The van der Waals surface area contributed by atoms with Gasteiger partial charge in [0.05, 0.1) is 46.9 Å². The van der Waals surface area contributed by atoms with Crippen LogP contribution >= 0.6 is 0 Å². The van der Waals surface area contributed by atoms with E-state index < -0.39 is 0 Å². The molecule has 0 amide bonds. The molecule has 1 aromatic carbocycles. The predicted molar refractivity (Wildman–Crippen MR) is 167 cm³/mol. The van der Waals surface area contributed by atoms with E-state index in [9.17, 15) is 0 Å². The molecule has 1 fully saturated rings. The van der Waals surface area contributed by atoms with Crippen LogP contribution in [0.2, 0.25) is 0 Å². The van der Waals surface area contributed by atoms with Gasteiger partial charge in [-0.2, -0.15) is 0 Å². The van der Waals surface area contributed by atoms with Crippen LogP contribution in [0.4, 0.5) is 17.1 Å². The van der Waals surface area contributed by atoms with Gasteiger partial charge in [-0.3, -0.25) is 14.9 Å². The summed E-state index contributed by atoms with van der Waals surface area (Å²) in [5.41, 5.74) is 11.1. The number of benzene rings is 1. The van der Waals surface area contributed by atoms with Gasteiger partial charge >= 0.3 is 0 Å². The fourth-order valence-electron chi connectivity index (χ4n) is 6.11. The maximum atomic E-state index is 5.60. The van der Waals surface area contributed by atoms with Crippen LogP contribution in [0.5, 0.6) is 11.5 Å². The number of pyridine rings is 2. The Morgan fingerprint density at radius 1 is 0.952 bits per heavy atom. The number of allylic oxidation sites excluding steroid dienone is 3. The number of fused-ring (bicyclic) bond motifs is 3. The van der Waals surface area contributed by atoms with Gasteiger partial charge in [0, 0.05) is 42.8 Å². The van der Waals surface area contributed by atoms with Gasteiger partial charge in [0.15, 0.2) is 11.5 Å². The zero-order valence-electron chi connectivity index (χ0n) is 23.2. The van der Waals surface area contributed by atoms with Crippen LogP contribution in [0.15, 0.2) is 83.4 Å². The van der Waals surface area contributed by atoms with Gasteiger partial charge in [0.25, 0.3) is 0 Å². The van der Waals surface area contributed by atoms with E-state index in [1.165, 1.54) is 18.4 Å². The molecule has 5 aliphatic heterocycles. The standard InChI is InChI=1S/C33H31N7O2/c1-2-12-40(11-1)19-21-13-23(7-9-34-15-21)26-4-5-27-33(39-26)24(8-10-36-27)28-18-37-32-25(16-35-17-29(32)38-28)22-3-6-30-31(14-22)42-20-41-30/h3-8,13-18,36-38H,1-2,9-12,19-20H2. The van der Waals surface area contributed by atoms with Gasteiger partial charge in [-0.05, 0) is 73.0 Å². The minimum absolute atomic E-state index is 0.248. The lowest BCUT2D eigenvalue weighted by atomic mass is 9.99. The van der Waals surface area contributed by atoms with Gasteiger partial charge < -0.3 is 25.4 Å². The number of hydrogen-bond donors (Lipinski definition) is 3. The summed E-state index contributed by atoms with van der Waals surface area (Å²) >= 11 is 0. The third-order valence-electron chi connectivity index (χ3n) is 8.21. The number of anilines is 3. The normalized spacial score (nSPS) is 18.8. The summed E-state index contributed by atoms with van der Waals surface area (Å²) in [6, 6.07) is 10.2. The summed E-state index contributed by atoms with van der Waals surface area (Å²) < 4.78 is 11.1. The molecule has 0 aliphatic carbocycles. The van der Waals surface area contributed by atoms with Crippen LogP contribution in [0.25, 0.3) is 22.3 Å². The van der Waals surface area contributed by atoms with Crippen molar-refractivity contribution in [3.05, 3.63) is 89.8 Å². The van der Waals surface area contributed by atoms with Crippen molar-refractivity contribution in [3.8, 4) is 22.6 Å². The number of aromatic nitrogens is 2. The molecule has 0 saturated carbocycles. The molecule has 0 spiro atoms. The summed E-state index contributed by atoms with van der Waals surface area (Å²) in [6.45, 7) is 4.88. The lowest BCUT2D eigenvalue weighted by Crippen LogP contribution is -2.22. The molecule has 3 aromatic rings. The van der Waals surface area contributed by atoms with E-state index >= 15 is 0 Å². The van der Waals surface area contributed by atoms with Crippen LogP contribution in [0.1, 0.15) is 24.2 Å². The zero-order valence-corrected chi connectivity index (χ0v) is 23.2. The summed E-state index contributed by atoms with van der Waals surface area (Å²) in [6.07, 6.45) is 16.9. The molecule has 0 bridgehead atoms. The van der Waals surface area contributed by atoms with Crippen LogP contribution in [0, 0.1) is 0 Å². The van der Waals surface area contributed by atoms with Crippen molar-refractivity contribution < 1.29 is 9.47 Å². The van der Waals surface area contributed by atoms with E-state index in [0.29, 0.717) is 6.54 Å². The zero-order chi connectivity index (χ0) is 27.9. The SMILES string of the molecule is C1=NCC=C(c2ccc3c(n2)C(C2=CNc4c(cncc4-c4ccc5c(c4)OCO5)N2)=CCN3)C=C1CN1CCCC1. The second-order valence-corrected chi connectivity index (χ2v) is 11.0. The Kier molecular flexibility index (Phi) is 6.22. The lowest BCUT2D eigenvalue weighted by molar-refractivity contribution is 0.174. The van der Waals surface area contributed by atoms with Crippen molar-refractivity contribution in [2.24, 2.45) is 4.99 Å². The topological polar surface area (TPSA) is 95.9 Å². The van der Waals surface area contributed by atoms with E-state index in [1.54, 1.807) is 0 Å². The number of ether oxygens (including phenoxy) is 2. The number of aliphatic imine (C=N–C) groups is 1. The van der Waals surface area contributed by atoms with Crippen LogP contribution in [-0.2, 0) is 0 Å². The summed E-state index contributed by atoms with van der Waals surface area (Å²) in [4.78, 5) is 16.9. The van der Waals surface area contributed by atoms with E-state index in [1.807, 2.05) is 43.0 Å². The van der Waals surface area contributed by atoms with Crippen molar-refractivity contribution >= 4 is 34.4 Å². The Labute approximate surface area is 244 Å². The second kappa shape index (κ2) is 10.5. The monoisotopic (exact) mass is 557 g/mol. The number of nitrogens with one attached hydrogen (secondary N) is 3. The van der Waals surface area contributed by atoms with Gasteiger partial charge in [-0.15, -0.1) is 0 Å². The Morgan fingerprint density at radius 3 is 2.83 bits per heavy atom. The largest absolute Gasteiger partial charge is 0.454 e. The minimum Gasteiger partial charge on any atom is -0.454 e. The lowest BCUT2D eigenvalue weighted by Gasteiger charge is -2.27. The highest BCUT2D eigenvalue weighted by atomic mass is 16.7. The number of rotatable bonds is 5. The van der Waals surface area contributed by atoms with E-state index in [2.05, 4.69) is 61.2 Å². The Morgan fingerprint density at radius 2 is 1.88 bits per heavy atom. The molecule has 0 unspecified atom stereocenters. The minimum atomic E-state index is 0.248. The highest BCUT2D eigenvalue weighted by Crippen LogP contribution is 2.43. The number of hydrogen-bond acceptors (Lipinski definition) is 9. The average molecular weight is 558 g/mol. The van der Waals surface area contributed by atoms with Crippen molar-refractivity contribution in [3.63, 3.8) is 0 Å². The van der Waals surface area contributed by atoms with E-state index in [0.717, 1.165) is 94.1 Å². The highest BCUT2D eigenvalue weighted by molar-refractivity contribution is 5.96. The maximum absolute atomic E-state index is 5.60. The number of nitrogens with zero attached hydrogens (tertiary/aromatic N) is 4. The fraction of sp³-hybridized carbons (Fsp3) is 0.242. The molecule has 0 atom stereocenters. The third-order valence-corrected chi connectivity index (χ3v) is 8.21. The summed E-state index contributed by atoms with van der Waals surface area (Å²) in [5.74, 6) is 1.51. The molecule has 2 aromatic heterocycles. The molecule has 42 heavy (non-hydrogen) atoms. The molecule has 210 valence electrons. The number of likely N-dealkylation sites (tertiary alicyclic amines) is 1. The van der Waals surface area contributed by atoms with Crippen molar-refractivity contribution in [1.82, 2.24) is 14.9 Å². The van der Waals surface area contributed by atoms with Crippen LogP contribution < -0.4 is 25.4 Å². The third kappa shape index (κ3) is 4.61. The van der Waals surface area contributed by atoms with Gasteiger partial charge in [-0.1, -0.05) is 18.2 Å². The molecular formula is C33H31N7O2. The first-order chi connectivity index (χ1) is 20.8. The smallest absolute Gasteiger partial charge is 0.231 e. The van der Waals surface area contributed by atoms with Crippen molar-refractivity contribution in [2.45, 2.75) is 12.8 Å². The quantitative estimate of drug-likeness (QED) is 0.376. The van der Waals surface area contributed by atoms with E-state index in [4.69, 9.17) is 14.5 Å². The van der Waals surface area contributed by atoms with Gasteiger partial charge in [0.1, 0.15) is 0 Å². The molecule has 3 N–H and O–H groups in total. The molecule has 7 heterocycles. The molecule has 5 aliphatic rings. The maximum Gasteiger partial charge on any atom is 0.231 e. The van der Waals surface area contributed by atoms with Gasteiger partial charge in [-0.25, -0.2) is 4.98 Å². The summed E-state index contributed by atoms with van der Waals surface area (Å²) in [5, 5.41) is 10.6. The van der Waals surface area contributed by atoms with Crippen LogP contribution in [-0.4, -0.2) is 60.6 Å². The Balaban J connectivity index is 1.08. The Bertz CT molecular complexity index is 1730. The van der Waals surface area contributed by atoms with Crippen LogP contribution in [0.3, 0.4) is 0 Å². The molecule has 8 rings (SSSR count). The first-order valence-electron chi connectivity index (χ1n) is 14.5. The molecule has 0 radical (unpaired) electrons. The first-order valence-corrected chi connectivity index (χ1v) is 14.5. The molecule has 1 saturated heterocycles. The second-order valence-electron chi connectivity index (χ2n) is 11.0. The molecule has 9 nitrogen and oxygen atoms in total.